The highest BCUT2D eigenvalue weighted by Crippen LogP contribution is 2.52. The number of fused-ring (bicyclic) bond motifs is 1. The Balaban J connectivity index is 1.77. The van der Waals surface area contributed by atoms with Crippen molar-refractivity contribution in [1.29, 1.82) is 0 Å². The molecule has 1 saturated carbocycles. The van der Waals surface area contributed by atoms with E-state index in [-0.39, 0.29) is 11.3 Å². The van der Waals surface area contributed by atoms with Crippen LogP contribution in [0.2, 0.25) is 0 Å². The van der Waals surface area contributed by atoms with E-state index in [1.165, 1.54) is 11.1 Å². The van der Waals surface area contributed by atoms with Crippen LogP contribution in [0.5, 0.6) is 0 Å². The number of rotatable bonds is 1. The zero-order valence-electron chi connectivity index (χ0n) is 11.1. The molecule has 1 aliphatic heterocycles. The fraction of sp³-hybridized carbons (Fsp3) is 0.533. The molecule has 1 amide bonds. The summed E-state index contributed by atoms with van der Waals surface area (Å²) < 4.78 is 0. The lowest BCUT2D eigenvalue weighted by molar-refractivity contribution is -0.134. The van der Waals surface area contributed by atoms with Gasteiger partial charge in [-0.25, -0.2) is 0 Å². The summed E-state index contributed by atoms with van der Waals surface area (Å²) in [6.07, 6.45) is 1.99. The van der Waals surface area contributed by atoms with Crippen molar-refractivity contribution in [2.45, 2.75) is 33.2 Å². The first-order valence-corrected chi connectivity index (χ1v) is 6.63. The Morgan fingerprint density at radius 3 is 2.78 bits per heavy atom. The second-order valence-electron chi connectivity index (χ2n) is 6.28. The van der Waals surface area contributed by atoms with Crippen LogP contribution in [0, 0.1) is 11.3 Å². The number of anilines is 1. The van der Waals surface area contributed by atoms with Gasteiger partial charge in [0.25, 0.3) is 0 Å². The van der Waals surface area contributed by atoms with Gasteiger partial charge in [0, 0.05) is 24.7 Å². The molecule has 1 heterocycles. The Bertz CT molecular complexity index is 507. The molecule has 0 bridgehead atoms. The first-order chi connectivity index (χ1) is 8.47. The summed E-state index contributed by atoms with van der Waals surface area (Å²) in [5.41, 5.74) is 9.37. The average molecular weight is 244 g/mol. The largest absolute Gasteiger partial charge is 0.399 e. The van der Waals surface area contributed by atoms with Gasteiger partial charge < -0.3 is 10.6 Å². The van der Waals surface area contributed by atoms with Crippen molar-refractivity contribution >= 4 is 11.6 Å². The minimum absolute atomic E-state index is 0.215. The third-order valence-corrected chi connectivity index (χ3v) is 4.37. The highest BCUT2D eigenvalue weighted by atomic mass is 16.2. The quantitative estimate of drug-likeness (QED) is 0.770. The summed E-state index contributed by atoms with van der Waals surface area (Å²) in [4.78, 5) is 14.4. The van der Waals surface area contributed by atoms with Gasteiger partial charge in [-0.15, -0.1) is 0 Å². The molecule has 3 rings (SSSR count). The van der Waals surface area contributed by atoms with E-state index in [9.17, 15) is 4.79 Å². The van der Waals surface area contributed by atoms with Crippen molar-refractivity contribution in [2.75, 3.05) is 12.3 Å². The van der Waals surface area contributed by atoms with Gasteiger partial charge in [-0.2, -0.15) is 0 Å². The number of benzene rings is 1. The maximum atomic E-state index is 12.4. The Morgan fingerprint density at radius 1 is 1.39 bits per heavy atom. The normalized spacial score (nSPS) is 24.6. The van der Waals surface area contributed by atoms with E-state index >= 15 is 0 Å². The zero-order valence-corrected chi connectivity index (χ0v) is 11.1. The fourth-order valence-corrected chi connectivity index (χ4v) is 2.87. The number of nitrogens with two attached hydrogens (primary N) is 1. The molecule has 1 aliphatic carbocycles. The summed E-state index contributed by atoms with van der Waals surface area (Å²) in [7, 11) is 0. The van der Waals surface area contributed by atoms with Crippen LogP contribution >= 0.6 is 0 Å². The first-order valence-electron chi connectivity index (χ1n) is 6.63. The lowest BCUT2D eigenvalue weighted by atomic mass is 9.98. The zero-order chi connectivity index (χ0) is 12.9. The average Bonchev–Trinajstić information content (AvgIpc) is 2.96. The lowest BCUT2D eigenvalue weighted by Gasteiger charge is -2.29. The van der Waals surface area contributed by atoms with Crippen molar-refractivity contribution in [3.63, 3.8) is 0 Å². The monoisotopic (exact) mass is 244 g/mol. The van der Waals surface area contributed by atoms with Gasteiger partial charge in [0.15, 0.2) is 0 Å². The Kier molecular flexibility index (Phi) is 2.40. The standard InChI is InChI=1S/C15H20N2O/c1-15(2)8-13(15)14(18)17-6-5-10-3-4-12(16)7-11(10)9-17/h3-4,7,13H,5-6,8-9,16H2,1-2H3. The first kappa shape index (κ1) is 11.6. The fourth-order valence-electron chi connectivity index (χ4n) is 2.87. The van der Waals surface area contributed by atoms with Crippen LogP contribution in [-0.2, 0) is 17.8 Å². The molecule has 3 nitrogen and oxygen atoms in total. The van der Waals surface area contributed by atoms with Gasteiger partial charge in [-0.3, -0.25) is 4.79 Å². The Morgan fingerprint density at radius 2 is 2.11 bits per heavy atom. The molecule has 2 N–H and O–H groups in total. The molecular formula is C15H20N2O. The van der Waals surface area contributed by atoms with E-state index in [0.29, 0.717) is 5.91 Å². The number of amides is 1. The van der Waals surface area contributed by atoms with Crippen LogP contribution in [0.1, 0.15) is 31.4 Å². The molecule has 2 aliphatic rings. The van der Waals surface area contributed by atoms with Crippen molar-refractivity contribution in [1.82, 2.24) is 4.90 Å². The van der Waals surface area contributed by atoms with E-state index < -0.39 is 0 Å². The number of carbonyl (C=O) groups excluding carboxylic acids is 1. The van der Waals surface area contributed by atoms with Gasteiger partial charge in [0.2, 0.25) is 5.91 Å². The molecule has 18 heavy (non-hydrogen) atoms. The second kappa shape index (κ2) is 3.74. The maximum Gasteiger partial charge on any atom is 0.226 e. The van der Waals surface area contributed by atoms with E-state index in [1.807, 2.05) is 17.0 Å². The minimum atomic E-state index is 0.215. The van der Waals surface area contributed by atoms with Crippen LogP contribution in [0.4, 0.5) is 5.69 Å². The molecule has 1 atom stereocenters. The summed E-state index contributed by atoms with van der Waals surface area (Å²) >= 11 is 0. The van der Waals surface area contributed by atoms with Crippen molar-refractivity contribution in [3.05, 3.63) is 29.3 Å². The summed E-state index contributed by atoms with van der Waals surface area (Å²) in [5, 5.41) is 0. The number of hydrogen-bond donors (Lipinski definition) is 1. The lowest BCUT2D eigenvalue weighted by Crippen LogP contribution is -2.37. The number of nitrogens with zero attached hydrogens (tertiary/aromatic N) is 1. The van der Waals surface area contributed by atoms with Crippen molar-refractivity contribution in [3.8, 4) is 0 Å². The van der Waals surface area contributed by atoms with Gasteiger partial charge in [-0.05, 0) is 41.5 Å². The number of carbonyl (C=O) groups is 1. The molecule has 0 radical (unpaired) electrons. The topological polar surface area (TPSA) is 46.3 Å². The number of hydrogen-bond acceptors (Lipinski definition) is 2. The minimum Gasteiger partial charge on any atom is -0.399 e. The van der Waals surface area contributed by atoms with Gasteiger partial charge in [0.1, 0.15) is 0 Å². The highest BCUT2D eigenvalue weighted by Gasteiger charge is 2.52. The number of nitrogen functional groups attached to an aromatic ring is 1. The third-order valence-electron chi connectivity index (χ3n) is 4.37. The maximum absolute atomic E-state index is 12.4. The molecular weight excluding hydrogens is 224 g/mol. The van der Waals surface area contributed by atoms with Crippen molar-refractivity contribution in [2.24, 2.45) is 11.3 Å². The molecule has 0 saturated heterocycles. The summed E-state index contributed by atoms with van der Waals surface area (Å²) in [6.45, 7) is 5.92. The van der Waals surface area contributed by atoms with E-state index in [2.05, 4.69) is 19.9 Å². The molecule has 1 fully saturated rings. The molecule has 96 valence electrons. The van der Waals surface area contributed by atoms with Crippen LogP contribution < -0.4 is 5.73 Å². The summed E-state index contributed by atoms with van der Waals surface area (Å²) in [5.74, 6) is 0.563. The van der Waals surface area contributed by atoms with E-state index in [1.54, 1.807) is 0 Å². The molecule has 0 aromatic heterocycles. The van der Waals surface area contributed by atoms with Gasteiger partial charge in [-0.1, -0.05) is 19.9 Å². The van der Waals surface area contributed by atoms with Crippen LogP contribution in [0.15, 0.2) is 18.2 Å². The summed E-state index contributed by atoms with van der Waals surface area (Å²) in [6, 6.07) is 6.04. The molecule has 0 spiro atoms. The van der Waals surface area contributed by atoms with E-state index in [0.717, 1.165) is 31.6 Å². The van der Waals surface area contributed by atoms with Gasteiger partial charge >= 0.3 is 0 Å². The highest BCUT2D eigenvalue weighted by molar-refractivity contribution is 5.82. The van der Waals surface area contributed by atoms with E-state index in [4.69, 9.17) is 5.73 Å². The molecule has 3 heteroatoms. The van der Waals surface area contributed by atoms with Crippen molar-refractivity contribution < 1.29 is 4.79 Å². The molecule has 1 aromatic carbocycles. The SMILES string of the molecule is CC1(C)CC1C(=O)N1CCc2ccc(N)cc2C1. The van der Waals surface area contributed by atoms with Crippen LogP contribution in [0.25, 0.3) is 0 Å². The van der Waals surface area contributed by atoms with Crippen LogP contribution in [-0.4, -0.2) is 17.4 Å². The Hall–Kier alpha value is -1.51. The van der Waals surface area contributed by atoms with Gasteiger partial charge in [0.05, 0.1) is 0 Å². The predicted octanol–water partition coefficient (Wildman–Crippen LogP) is 2.20. The second-order valence-corrected chi connectivity index (χ2v) is 6.28. The molecule has 1 aromatic rings. The predicted molar refractivity (Wildman–Crippen MR) is 71.9 cm³/mol. The smallest absolute Gasteiger partial charge is 0.226 e. The molecule has 1 unspecified atom stereocenters. The Labute approximate surface area is 108 Å². The van der Waals surface area contributed by atoms with Crippen LogP contribution in [0.3, 0.4) is 0 Å². The third kappa shape index (κ3) is 1.88.